The molecule has 0 unspecified atom stereocenters. The van der Waals surface area contributed by atoms with Crippen molar-refractivity contribution in [3.8, 4) is 0 Å². The maximum atomic E-state index is 8.63. The third-order valence-corrected chi connectivity index (χ3v) is 2.98. The van der Waals surface area contributed by atoms with Crippen molar-refractivity contribution in [2.24, 2.45) is 10.9 Å². The lowest BCUT2D eigenvalue weighted by Gasteiger charge is -2.22. The molecule has 18 heavy (non-hydrogen) atoms. The van der Waals surface area contributed by atoms with Gasteiger partial charge in [-0.2, -0.15) is 0 Å². The van der Waals surface area contributed by atoms with Crippen LogP contribution in [-0.4, -0.2) is 30.4 Å². The van der Waals surface area contributed by atoms with E-state index in [1.165, 1.54) is 0 Å². The highest BCUT2D eigenvalue weighted by Crippen LogP contribution is 2.14. The van der Waals surface area contributed by atoms with Gasteiger partial charge in [0.2, 0.25) is 0 Å². The summed E-state index contributed by atoms with van der Waals surface area (Å²) in [5, 5.41) is 11.6. The third kappa shape index (κ3) is 3.45. The molecule has 0 radical (unpaired) electrons. The van der Waals surface area contributed by atoms with Crippen LogP contribution in [0.4, 0.5) is 0 Å². The van der Waals surface area contributed by atoms with E-state index in [0.29, 0.717) is 12.2 Å². The topological polar surface area (TPSA) is 77.1 Å². The van der Waals surface area contributed by atoms with Crippen molar-refractivity contribution in [1.82, 2.24) is 0 Å². The standard InChI is InChI=1S/C13H18N2O3/c14-13(15-16)11-3-1-2-10(8-11)9-18-12-4-6-17-7-5-12/h1-3,8,12,16H,4-7,9H2,(H2,14,15). The normalized spacial score (nSPS) is 17.9. The molecule has 5 heteroatoms. The Morgan fingerprint density at radius 3 is 2.94 bits per heavy atom. The van der Waals surface area contributed by atoms with E-state index < -0.39 is 0 Å². The molecule has 0 spiro atoms. The number of rotatable bonds is 4. The Hall–Kier alpha value is -1.59. The maximum Gasteiger partial charge on any atom is 0.170 e. The van der Waals surface area contributed by atoms with Crippen molar-refractivity contribution in [1.29, 1.82) is 0 Å². The fraction of sp³-hybridized carbons (Fsp3) is 0.462. The van der Waals surface area contributed by atoms with Crippen LogP contribution in [0.1, 0.15) is 24.0 Å². The number of nitrogens with two attached hydrogens (primary N) is 1. The second-order valence-corrected chi connectivity index (χ2v) is 4.31. The zero-order valence-corrected chi connectivity index (χ0v) is 10.2. The van der Waals surface area contributed by atoms with Crippen molar-refractivity contribution >= 4 is 5.84 Å². The van der Waals surface area contributed by atoms with Gasteiger partial charge in [0.15, 0.2) is 5.84 Å². The highest BCUT2D eigenvalue weighted by Gasteiger charge is 2.14. The Labute approximate surface area is 106 Å². The molecule has 0 bridgehead atoms. The van der Waals surface area contributed by atoms with Gasteiger partial charge in [0.25, 0.3) is 0 Å². The molecule has 3 N–H and O–H groups in total. The smallest absolute Gasteiger partial charge is 0.170 e. The lowest BCUT2D eigenvalue weighted by Crippen LogP contribution is -2.23. The largest absolute Gasteiger partial charge is 0.409 e. The molecule has 0 aromatic heterocycles. The third-order valence-electron chi connectivity index (χ3n) is 2.98. The molecule has 1 fully saturated rings. The van der Waals surface area contributed by atoms with Gasteiger partial charge in [-0.05, 0) is 24.5 Å². The highest BCUT2D eigenvalue weighted by atomic mass is 16.5. The van der Waals surface area contributed by atoms with Crippen LogP contribution in [0.25, 0.3) is 0 Å². The number of ether oxygens (including phenoxy) is 2. The van der Waals surface area contributed by atoms with Gasteiger partial charge in [-0.3, -0.25) is 0 Å². The summed E-state index contributed by atoms with van der Waals surface area (Å²) in [6, 6.07) is 7.50. The number of oxime groups is 1. The Morgan fingerprint density at radius 2 is 2.22 bits per heavy atom. The van der Waals surface area contributed by atoms with E-state index in [9.17, 15) is 0 Å². The molecule has 0 saturated carbocycles. The van der Waals surface area contributed by atoms with E-state index in [4.69, 9.17) is 20.4 Å². The average molecular weight is 250 g/mol. The molecule has 1 aromatic rings. The first-order chi connectivity index (χ1) is 8.79. The number of nitrogens with zero attached hydrogens (tertiary/aromatic N) is 1. The van der Waals surface area contributed by atoms with Crippen molar-refractivity contribution in [3.05, 3.63) is 35.4 Å². The first-order valence-corrected chi connectivity index (χ1v) is 6.06. The van der Waals surface area contributed by atoms with Gasteiger partial charge in [0.05, 0.1) is 12.7 Å². The lowest BCUT2D eigenvalue weighted by molar-refractivity contribution is -0.0390. The van der Waals surface area contributed by atoms with E-state index in [-0.39, 0.29) is 11.9 Å². The summed E-state index contributed by atoms with van der Waals surface area (Å²) in [5.74, 6) is 0.114. The predicted molar refractivity (Wildman–Crippen MR) is 67.6 cm³/mol. The van der Waals surface area contributed by atoms with Crippen molar-refractivity contribution < 1.29 is 14.7 Å². The van der Waals surface area contributed by atoms with E-state index in [0.717, 1.165) is 31.6 Å². The van der Waals surface area contributed by atoms with Crippen molar-refractivity contribution in [2.45, 2.75) is 25.6 Å². The summed E-state index contributed by atoms with van der Waals surface area (Å²) in [4.78, 5) is 0. The molecule has 5 nitrogen and oxygen atoms in total. The fourth-order valence-corrected chi connectivity index (χ4v) is 1.93. The minimum Gasteiger partial charge on any atom is -0.409 e. The van der Waals surface area contributed by atoms with E-state index in [2.05, 4.69) is 5.16 Å². The highest BCUT2D eigenvalue weighted by molar-refractivity contribution is 5.97. The van der Waals surface area contributed by atoms with E-state index >= 15 is 0 Å². The Balaban J connectivity index is 1.92. The van der Waals surface area contributed by atoms with Crippen LogP contribution >= 0.6 is 0 Å². The monoisotopic (exact) mass is 250 g/mol. The Bertz CT molecular complexity index is 414. The van der Waals surface area contributed by atoms with Crippen LogP contribution in [0.5, 0.6) is 0 Å². The van der Waals surface area contributed by atoms with E-state index in [1.807, 2.05) is 18.2 Å². The summed E-state index contributed by atoms with van der Waals surface area (Å²) in [6.07, 6.45) is 2.16. The van der Waals surface area contributed by atoms with Crippen molar-refractivity contribution in [3.63, 3.8) is 0 Å². The molecule has 1 heterocycles. The minimum absolute atomic E-state index is 0.114. The SMILES string of the molecule is N/C(=N/O)c1cccc(COC2CCOCC2)c1. The zero-order valence-electron chi connectivity index (χ0n) is 10.2. The van der Waals surface area contributed by atoms with Crippen LogP contribution in [0.2, 0.25) is 0 Å². The molecule has 2 rings (SSSR count). The quantitative estimate of drug-likeness (QED) is 0.367. The fourth-order valence-electron chi connectivity index (χ4n) is 1.93. The molecule has 0 amide bonds. The molecule has 98 valence electrons. The second kappa shape index (κ2) is 6.37. The second-order valence-electron chi connectivity index (χ2n) is 4.31. The van der Waals surface area contributed by atoms with Crippen LogP contribution in [0.15, 0.2) is 29.4 Å². The molecular weight excluding hydrogens is 232 g/mol. The minimum atomic E-state index is 0.114. The number of hydrogen-bond donors (Lipinski definition) is 2. The van der Waals surface area contributed by atoms with Gasteiger partial charge >= 0.3 is 0 Å². The molecule has 1 aromatic carbocycles. The molecule has 0 aliphatic carbocycles. The number of benzene rings is 1. The summed E-state index contributed by atoms with van der Waals surface area (Å²) < 4.78 is 11.1. The maximum absolute atomic E-state index is 8.63. The molecule has 1 aliphatic heterocycles. The molecule has 1 saturated heterocycles. The van der Waals surface area contributed by atoms with Gasteiger partial charge in [0.1, 0.15) is 0 Å². The molecule has 0 atom stereocenters. The molecule has 1 aliphatic rings. The van der Waals surface area contributed by atoms with Crippen LogP contribution in [0.3, 0.4) is 0 Å². The first-order valence-electron chi connectivity index (χ1n) is 6.06. The van der Waals surface area contributed by atoms with Gasteiger partial charge in [-0.1, -0.05) is 23.4 Å². The van der Waals surface area contributed by atoms with Crippen LogP contribution in [-0.2, 0) is 16.1 Å². The predicted octanol–water partition coefficient (Wildman–Crippen LogP) is 1.48. The Morgan fingerprint density at radius 1 is 1.44 bits per heavy atom. The number of amidine groups is 1. The summed E-state index contributed by atoms with van der Waals surface area (Å²) in [6.45, 7) is 2.08. The lowest BCUT2D eigenvalue weighted by atomic mass is 10.1. The van der Waals surface area contributed by atoms with Crippen LogP contribution in [0, 0.1) is 0 Å². The summed E-state index contributed by atoms with van der Waals surface area (Å²) >= 11 is 0. The number of hydrogen-bond acceptors (Lipinski definition) is 4. The van der Waals surface area contributed by atoms with Crippen molar-refractivity contribution in [2.75, 3.05) is 13.2 Å². The zero-order chi connectivity index (χ0) is 12.8. The van der Waals surface area contributed by atoms with Gasteiger partial charge < -0.3 is 20.4 Å². The van der Waals surface area contributed by atoms with Gasteiger partial charge in [0, 0.05) is 18.8 Å². The van der Waals surface area contributed by atoms with E-state index in [1.54, 1.807) is 6.07 Å². The molecular formula is C13H18N2O3. The van der Waals surface area contributed by atoms with Gasteiger partial charge in [-0.25, -0.2) is 0 Å². The van der Waals surface area contributed by atoms with Crippen LogP contribution < -0.4 is 5.73 Å². The average Bonchev–Trinajstić information content (AvgIpc) is 2.45. The Kier molecular flexibility index (Phi) is 4.55. The van der Waals surface area contributed by atoms with Gasteiger partial charge in [-0.15, -0.1) is 0 Å². The summed E-state index contributed by atoms with van der Waals surface area (Å²) in [5.41, 5.74) is 7.26. The first kappa shape index (κ1) is 12.9. The summed E-state index contributed by atoms with van der Waals surface area (Å²) in [7, 11) is 0.